The van der Waals surface area contributed by atoms with Gasteiger partial charge in [0.05, 0.1) is 6.61 Å². The van der Waals surface area contributed by atoms with Crippen LogP contribution in [-0.4, -0.2) is 48.7 Å². The Morgan fingerprint density at radius 3 is 2.79 bits per heavy atom. The number of nitrogens with zero attached hydrogens (tertiary/aromatic N) is 1. The number of esters is 1. The van der Waals surface area contributed by atoms with Crippen molar-refractivity contribution in [2.75, 3.05) is 18.5 Å². The van der Waals surface area contributed by atoms with Crippen LogP contribution < -0.4 is 0 Å². The summed E-state index contributed by atoms with van der Waals surface area (Å²) in [6.07, 6.45) is 2.81. The van der Waals surface area contributed by atoms with Gasteiger partial charge in [0, 0.05) is 32.4 Å². The first kappa shape index (κ1) is 16.4. The molecule has 1 aromatic rings. The van der Waals surface area contributed by atoms with Crippen molar-refractivity contribution in [1.82, 2.24) is 9.97 Å². The number of nitrogens with one attached hydrogen (secondary N) is 1. The minimum absolute atomic E-state index is 0.216. The molecule has 0 aliphatic carbocycles. The molecule has 7 heteroatoms. The molecule has 1 unspecified atom stereocenters. The van der Waals surface area contributed by atoms with Crippen LogP contribution in [0.1, 0.15) is 10.6 Å². The van der Waals surface area contributed by atoms with Crippen molar-refractivity contribution in [3.8, 4) is 0 Å². The molecule has 0 fully saturated rings. The first-order valence-corrected chi connectivity index (χ1v) is 11.1. The first-order valence-electron chi connectivity index (χ1n) is 6.26. The number of aromatic nitrogens is 2. The molecule has 108 valence electrons. The van der Waals surface area contributed by atoms with Crippen molar-refractivity contribution in [1.29, 1.82) is 0 Å². The smallest absolute Gasteiger partial charge is 0.374 e. The van der Waals surface area contributed by atoms with Crippen LogP contribution in [0.4, 0.5) is 0 Å². The molecule has 1 rings (SSSR count). The Hall–Kier alpha value is -0.663. The number of alkyl halides is 1. The molecule has 0 aliphatic heterocycles. The maximum absolute atomic E-state index is 11.7. The molecule has 0 radical (unpaired) electrons. The highest BCUT2D eigenvalue weighted by Gasteiger charge is 2.18. The zero-order valence-electron chi connectivity index (χ0n) is 11.6. The van der Waals surface area contributed by atoms with Gasteiger partial charge in [-0.15, -0.1) is 0 Å². The second-order valence-corrected chi connectivity index (χ2v) is 11.8. The average Bonchev–Trinajstić information content (AvgIpc) is 2.85. The molecule has 0 spiro atoms. The first-order chi connectivity index (χ1) is 8.92. The highest BCUT2D eigenvalue weighted by atomic mass is 79.9. The van der Waals surface area contributed by atoms with Crippen molar-refractivity contribution < 1.29 is 14.3 Å². The fourth-order valence-corrected chi connectivity index (χ4v) is 2.36. The maximum Gasteiger partial charge on any atom is 0.374 e. The van der Waals surface area contributed by atoms with Crippen LogP contribution in [0.25, 0.3) is 0 Å². The Labute approximate surface area is 123 Å². The zero-order valence-corrected chi connectivity index (χ0v) is 14.2. The lowest BCUT2D eigenvalue weighted by atomic mass is 10.4. The van der Waals surface area contributed by atoms with Gasteiger partial charge in [0.25, 0.3) is 0 Å². The van der Waals surface area contributed by atoms with E-state index in [0.717, 1.165) is 12.7 Å². The van der Waals surface area contributed by atoms with Gasteiger partial charge in [0.2, 0.25) is 5.82 Å². The van der Waals surface area contributed by atoms with Crippen molar-refractivity contribution in [3.05, 3.63) is 18.2 Å². The molecular weight excluding hydrogens is 328 g/mol. The Balaban J connectivity index is 2.28. The molecule has 0 amide bonds. The average molecular weight is 349 g/mol. The third-order valence-corrected chi connectivity index (χ3v) is 4.86. The van der Waals surface area contributed by atoms with Crippen LogP contribution in [-0.2, 0) is 9.47 Å². The summed E-state index contributed by atoms with van der Waals surface area (Å²) in [5.74, 6) is -0.240. The molecule has 0 saturated carbocycles. The number of halogens is 1. The number of H-pyrrole nitrogens is 1. The number of hydrogen-bond donors (Lipinski definition) is 1. The molecule has 0 bridgehead atoms. The number of imidazole rings is 1. The van der Waals surface area contributed by atoms with Gasteiger partial charge >= 0.3 is 5.97 Å². The minimum atomic E-state index is -1.07. The van der Waals surface area contributed by atoms with Gasteiger partial charge in [-0.25, -0.2) is 9.78 Å². The molecule has 0 saturated heterocycles. The van der Waals surface area contributed by atoms with Gasteiger partial charge in [0.1, 0.15) is 6.10 Å². The number of carbonyl (C=O) groups excluding carboxylic acids is 1. The van der Waals surface area contributed by atoms with E-state index < -0.39 is 14.0 Å². The van der Waals surface area contributed by atoms with Gasteiger partial charge in [-0.05, 0) is 6.04 Å². The molecule has 1 aromatic heterocycles. The van der Waals surface area contributed by atoms with Gasteiger partial charge in [-0.1, -0.05) is 35.6 Å². The SMILES string of the molecule is C[Si](C)(C)CCOCC(CBr)OC(=O)c1ncc[nH]1. The summed E-state index contributed by atoms with van der Waals surface area (Å²) in [7, 11) is -1.07. The summed E-state index contributed by atoms with van der Waals surface area (Å²) in [5, 5.41) is 0.548. The molecule has 1 atom stereocenters. The molecule has 0 aromatic carbocycles. The number of ether oxygens (including phenoxy) is 2. The normalized spacial score (nSPS) is 13.3. The Bertz CT molecular complexity index is 379. The quantitative estimate of drug-likeness (QED) is 0.339. The van der Waals surface area contributed by atoms with Gasteiger partial charge < -0.3 is 14.5 Å². The topological polar surface area (TPSA) is 64.2 Å². The Kier molecular flexibility index (Phi) is 6.74. The third-order valence-electron chi connectivity index (χ3n) is 2.44. The van der Waals surface area contributed by atoms with Crippen LogP contribution in [0.5, 0.6) is 0 Å². The van der Waals surface area contributed by atoms with Crippen molar-refractivity contribution in [2.45, 2.75) is 31.8 Å². The van der Waals surface area contributed by atoms with Gasteiger partial charge in [-0.3, -0.25) is 0 Å². The fourth-order valence-electron chi connectivity index (χ4n) is 1.29. The fraction of sp³-hybridized carbons (Fsp3) is 0.667. The van der Waals surface area contributed by atoms with Gasteiger partial charge in [-0.2, -0.15) is 0 Å². The van der Waals surface area contributed by atoms with Crippen LogP contribution in [0.3, 0.4) is 0 Å². The molecule has 1 heterocycles. The summed E-state index contributed by atoms with van der Waals surface area (Å²) < 4.78 is 10.9. The largest absolute Gasteiger partial charge is 0.453 e. The van der Waals surface area contributed by atoms with Crippen molar-refractivity contribution in [2.24, 2.45) is 0 Å². The van der Waals surface area contributed by atoms with Crippen LogP contribution >= 0.6 is 15.9 Å². The van der Waals surface area contributed by atoms with E-state index in [0.29, 0.717) is 11.9 Å². The van der Waals surface area contributed by atoms with Crippen molar-refractivity contribution in [3.63, 3.8) is 0 Å². The second-order valence-electron chi connectivity index (χ2n) is 5.50. The van der Waals surface area contributed by atoms with Crippen LogP contribution in [0, 0.1) is 0 Å². The number of hydrogen-bond acceptors (Lipinski definition) is 4. The standard InChI is InChI=1S/C12H21BrN2O3Si/c1-19(2,3)7-6-17-9-10(8-13)18-12(16)11-14-4-5-15-11/h4-5,10H,6-9H2,1-3H3,(H,14,15). The Morgan fingerprint density at radius 2 is 2.26 bits per heavy atom. The van der Waals surface area contributed by atoms with E-state index in [-0.39, 0.29) is 11.9 Å². The number of rotatable bonds is 8. The lowest BCUT2D eigenvalue weighted by Crippen LogP contribution is -2.27. The van der Waals surface area contributed by atoms with Crippen LogP contribution in [0.2, 0.25) is 25.7 Å². The summed E-state index contributed by atoms with van der Waals surface area (Å²) in [4.78, 5) is 18.3. The third kappa shape index (κ3) is 6.89. The van der Waals surface area contributed by atoms with E-state index in [1.165, 1.54) is 6.20 Å². The molecule has 5 nitrogen and oxygen atoms in total. The molecule has 0 aliphatic rings. The predicted molar refractivity (Wildman–Crippen MR) is 80.6 cm³/mol. The van der Waals surface area contributed by atoms with E-state index in [1.807, 2.05) is 0 Å². The summed E-state index contributed by atoms with van der Waals surface area (Å²) in [6, 6.07) is 1.11. The number of aromatic amines is 1. The predicted octanol–water partition coefficient (Wildman–Crippen LogP) is 2.68. The van der Waals surface area contributed by atoms with Crippen molar-refractivity contribution >= 4 is 30.0 Å². The van der Waals surface area contributed by atoms with E-state index >= 15 is 0 Å². The zero-order chi connectivity index (χ0) is 14.3. The van der Waals surface area contributed by atoms with Crippen LogP contribution in [0.15, 0.2) is 12.4 Å². The highest BCUT2D eigenvalue weighted by Crippen LogP contribution is 2.09. The monoisotopic (exact) mass is 348 g/mol. The summed E-state index contributed by atoms with van der Waals surface area (Å²) in [6.45, 7) is 8.03. The molecule has 19 heavy (non-hydrogen) atoms. The minimum Gasteiger partial charge on any atom is -0.453 e. The summed E-state index contributed by atoms with van der Waals surface area (Å²) >= 11 is 3.32. The molecule has 1 N–H and O–H groups in total. The highest BCUT2D eigenvalue weighted by molar-refractivity contribution is 9.09. The summed E-state index contributed by atoms with van der Waals surface area (Å²) in [5.41, 5.74) is 0. The lowest BCUT2D eigenvalue weighted by molar-refractivity contribution is 0.00519. The van der Waals surface area contributed by atoms with Gasteiger partial charge in [0.15, 0.2) is 0 Å². The molecular formula is C12H21BrN2O3Si. The van der Waals surface area contributed by atoms with E-state index in [1.54, 1.807) is 6.20 Å². The lowest BCUT2D eigenvalue weighted by Gasteiger charge is -2.18. The Morgan fingerprint density at radius 1 is 1.53 bits per heavy atom. The van der Waals surface area contributed by atoms with E-state index in [9.17, 15) is 4.79 Å². The number of carbonyl (C=O) groups is 1. The second kappa shape index (κ2) is 7.81. The van der Waals surface area contributed by atoms with E-state index in [4.69, 9.17) is 9.47 Å². The maximum atomic E-state index is 11.7. The van der Waals surface area contributed by atoms with E-state index in [2.05, 4.69) is 45.5 Å².